The van der Waals surface area contributed by atoms with Crippen molar-refractivity contribution >= 4 is 5.78 Å². The summed E-state index contributed by atoms with van der Waals surface area (Å²) in [7, 11) is 1.66. The summed E-state index contributed by atoms with van der Waals surface area (Å²) in [4.78, 5) is 13.2. The number of carbonyl (C=O) groups excluding carboxylic acids is 1. The van der Waals surface area contributed by atoms with Gasteiger partial charge in [0.2, 0.25) is 0 Å². The largest absolute Gasteiger partial charge is 0.497 e. The number of allylic oxidation sites excluding steroid dienone is 2. The standard InChI is InChI=1S/C20H23N3O2/c1-19(2)9-15-17(16(24)10-19)20(3,14-11-21-23-18(14)22-15)12-6-5-7-13(8-12)25-4/h5-8,22H,9-11H2,1-4H3. The molecule has 1 N–H and O–H groups in total. The summed E-state index contributed by atoms with van der Waals surface area (Å²) >= 11 is 0. The number of azo groups is 1. The summed E-state index contributed by atoms with van der Waals surface area (Å²) in [6, 6.07) is 7.98. The number of ether oxygens (including phenoxy) is 1. The number of carbonyl (C=O) groups is 1. The van der Waals surface area contributed by atoms with Gasteiger partial charge in [0, 0.05) is 28.7 Å². The van der Waals surface area contributed by atoms with Crippen LogP contribution in [-0.2, 0) is 10.2 Å². The van der Waals surface area contributed by atoms with Crippen LogP contribution in [0.1, 0.15) is 39.2 Å². The maximum Gasteiger partial charge on any atom is 0.162 e. The molecule has 5 nitrogen and oxygen atoms in total. The smallest absolute Gasteiger partial charge is 0.162 e. The maximum atomic E-state index is 13.2. The van der Waals surface area contributed by atoms with Gasteiger partial charge in [0.15, 0.2) is 11.6 Å². The van der Waals surface area contributed by atoms with Gasteiger partial charge in [-0.2, -0.15) is 5.11 Å². The van der Waals surface area contributed by atoms with Crippen LogP contribution >= 0.6 is 0 Å². The first-order chi connectivity index (χ1) is 11.8. The summed E-state index contributed by atoms with van der Waals surface area (Å²) < 4.78 is 5.42. The number of Topliss-reactive ketones (excluding diaryl/α,β-unsaturated/α-hetero) is 1. The van der Waals surface area contributed by atoms with Crippen molar-refractivity contribution in [3.05, 3.63) is 52.5 Å². The van der Waals surface area contributed by atoms with E-state index in [2.05, 4.69) is 42.4 Å². The van der Waals surface area contributed by atoms with Gasteiger partial charge in [-0.3, -0.25) is 4.79 Å². The Bertz CT molecular complexity index is 863. The number of nitrogens with one attached hydrogen (secondary N) is 1. The summed E-state index contributed by atoms with van der Waals surface area (Å²) in [5.41, 5.74) is 3.40. The Kier molecular flexibility index (Phi) is 3.39. The number of dihydropyridines is 1. The zero-order valence-electron chi connectivity index (χ0n) is 15.1. The molecule has 4 rings (SSSR count). The lowest BCUT2D eigenvalue weighted by Crippen LogP contribution is -2.44. The number of benzene rings is 1. The van der Waals surface area contributed by atoms with Crippen LogP contribution in [0.15, 0.2) is 57.2 Å². The van der Waals surface area contributed by atoms with Gasteiger partial charge >= 0.3 is 0 Å². The fourth-order valence-electron chi connectivity index (χ4n) is 4.36. The van der Waals surface area contributed by atoms with E-state index in [1.165, 1.54) is 0 Å². The Balaban J connectivity index is 1.94. The van der Waals surface area contributed by atoms with Crippen molar-refractivity contribution in [1.82, 2.24) is 5.32 Å². The van der Waals surface area contributed by atoms with Crippen LogP contribution in [0.5, 0.6) is 5.75 Å². The van der Waals surface area contributed by atoms with Gasteiger partial charge in [0.1, 0.15) is 5.75 Å². The minimum atomic E-state index is -0.526. The molecule has 5 heteroatoms. The number of hydrogen-bond donors (Lipinski definition) is 1. The monoisotopic (exact) mass is 337 g/mol. The second-order valence-corrected chi connectivity index (χ2v) is 8.00. The Hall–Kier alpha value is -2.43. The highest BCUT2D eigenvalue weighted by atomic mass is 16.5. The molecular formula is C20H23N3O2. The molecule has 0 spiro atoms. The molecule has 0 radical (unpaired) electrons. The summed E-state index contributed by atoms with van der Waals surface area (Å²) in [5, 5.41) is 11.9. The minimum Gasteiger partial charge on any atom is -0.497 e. The van der Waals surface area contributed by atoms with Crippen molar-refractivity contribution in [2.24, 2.45) is 15.6 Å². The van der Waals surface area contributed by atoms with Gasteiger partial charge in [-0.15, -0.1) is 5.11 Å². The summed E-state index contributed by atoms with van der Waals surface area (Å²) in [5.74, 6) is 1.80. The van der Waals surface area contributed by atoms with Crippen LogP contribution in [-0.4, -0.2) is 19.4 Å². The Morgan fingerprint density at radius 2 is 2.00 bits per heavy atom. The zero-order valence-corrected chi connectivity index (χ0v) is 15.1. The average molecular weight is 337 g/mol. The molecule has 1 unspecified atom stereocenters. The van der Waals surface area contributed by atoms with E-state index in [1.54, 1.807) is 7.11 Å². The molecule has 130 valence electrons. The summed E-state index contributed by atoms with van der Waals surface area (Å²) in [6.45, 7) is 6.92. The summed E-state index contributed by atoms with van der Waals surface area (Å²) in [6.07, 6.45) is 1.39. The lowest BCUT2D eigenvalue weighted by molar-refractivity contribution is -0.118. The van der Waals surface area contributed by atoms with E-state index in [4.69, 9.17) is 4.74 Å². The van der Waals surface area contributed by atoms with Gasteiger partial charge in [0.05, 0.1) is 13.7 Å². The molecule has 1 aliphatic carbocycles. The quantitative estimate of drug-likeness (QED) is 0.891. The number of hydrogen-bond acceptors (Lipinski definition) is 5. The highest BCUT2D eigenvalue weighted by molar-refractivity contribution is 6.01. The Labute approximate surface area is 147 Å². The van der Waals surface area contributed by atoms with Crippen molar-refractivity contribution < 1.29 is 9.53 Å². The molecule has 1 aromatic carbocycles. The molecule has 0 fully saturated rings. The van der Waals surface area contributed by atoms with Crippen molar-refractivity contribution in [2.75, 3.05) is 13.7 Å². The molecule has 3 aliphatic rings. The highest BCUT2D eigenvalue weighted by Gasteiger charge is 2.49. The van der Waals surface area contributed by atoms with Gasteiger partial charge in [-0.25, -0.2) is 0 Å². The lowest BCUT2D eigenvalue weighted by atomic mass is 9.61. The number of methoxy groups -OCH3 is 1. The van der Waals surface area contributed by atoms with E-state index in [0.29, 0.717) is 13.0 Å². The molecule has 2 aliphatic heterocycles. The topological polar surface area (TPSA) is 63.1 Å². The van der Waals surface area contributed by atoms with Crippen molar-refractivity contribution in [2.45, 2.75) is 39.0 Å². The molecule has 0 saturated carbocycles. The van der Waals surface area contributed by atoms with E-state index in [1.807, 2.05) is 18.2 Å². The third-order valence-electron chi connectivity index (χ3n) is 5.58. The molecule has 0 amide bonds. The molecule has 25 heavy (non-hydrogen) atoms. The fourth-order valence-corrected chi connectivity index (χ4v) is 4.36. The number of rotatable bonds is 2. The van der Waals surface area contributed by atoms with Crippen LogP contribution in [0, 0.1) is 5.41 Å². The third kappa shape index (κ3) is 2.33. The molecule has 0 bridgehead atoms. The van der Waals surface area contributed by atoms with Crippen LogP contribution in [0.3, 0.4) is 0 Å². The van der Waals surface area contributed by atoms with Crippen molar-refractivity contribution in [3.8, 4) is 5.75 Å². The second-order valence-electron chi connectivity index (χ2n) is 8.00. The second kappa shape index (κ2) is 5.28. The van der Waals surface area contributed by atoms with Crippen molar-refractivity contribution in [3.63, 3.8) is 0 Å². The fraction of sp³-hybridized carbons (Fsp3) is 0.450. The SMILES string of the molecule is COc1cccc(C2(C)C3=C(N=NC3)NC3=C2C(=O)CC(C)(C)C3)c1. The van der Waals surface area contributed by atoms with Gasteiger partial charge in [0.25, 0.3) is 0 Å². The predicted octanol–water partition coefficient (Wildman–Crippen LogP) is 3.88. The highest BCUT2D eigenvalue weighted by Crippen LogP contribution is 2.51. The first kappa shape index (κ1) is 16.1. The van der Waals surface area contributed by atoms with Gasteiger partial charge < -0.3 is 10.1 Å². The average Bonchev–Trinajstić information content (AvgIpc) is 3.02. The number of ketones is 1. The first-order valence-electron chi connectivity index (χ1n) is 8.65. The molecule has 1 atom stereocenters. The van der Waals surface area contributed by atoms with Gasteiger partial charge in [-0.05, 0) is 36.5 Å². The Morgan fingerprint density at radius 1 is 1.20 bits per heavy atom. The van der Waals surface area contributed by atoms with E-state index >= 15 is 0 Å². The van der Waals surface area contributed by atoms with Crippen LogP contribution in [0.2, 0.25) is 0 Å². The van der Waals surface area contributed by atoms with E-state index in [0.717, 1.165) is 40.4 Å². The van der Waals surface area contributed by atoms with Crippen LogP contribution in [0.25, 0.3) is 0 Å². The van der Waals surface area contributed by atoms with Gasteiger partial charge in [-0.1, -0.05) is 26.0 Å². The molecule has 0 aromatic heterocycles. The minimum absolute atomic E-state index is 0.0496. The first-order valence-corrected chi connectivity index (χ1v) is 8.65. The van der Waals surface area contributed by atoms with Crippen LogP contribution in [0.4, 0.5) is 0 Å². The van der Waals surface area contributed by atoms with E-state index in [-0.39, 0.29) is 11.2 Å². The predicted molar refractivity (Wildman–Crippen MR) is 95.3 cm³/mol. The molecule has 2 heterocycles. The lowest BCUT2D eigenvalue weighted by Gasteiger charge is -2.44. The van der Waals surface area contributed by atoms with E-state index < -0.39 is 5.41 Å². The Morgan fingerprint density at radius 3 is 2.76 bits per heavy atom. The molecule has 0 saturated heterocycles. The molecular weight excluding hydrogens is 314 g/mol. The maximum absolute atomic E-state index is 13.2. The third-order valence-corrected chi connectivity index (χ3v) is 5.58. The van der Waals surface area contributed by atoms with Crippen LogP contribution < -0.4 is 10.1 Å². The number of nitrogens with zero attached hydrogens (tertiary/aromatic N) is 2. The van der Waals surface area contributed by atoms with Crippen molar-refractivity contribution in [1.29, 1.82) is 0 Å². The normalized spacial score (nSPS) is 27.1. The zero-order chi connectivity index (χ0) is 17.8. The van der Waals surface area contributed by atoms with E-state index in [9.17, 15) is 4.79 Å². The molecule has 1 aromatic rings.